The van der Waals surface area contributed by atoms with Gasteiger partial charge in [0.25, 0.3) is 0 Å². The van der Waals surface area contributed by atoms with Gasteiger partial charge in [0.15, 0.2) is 9.84 Å². The second-order valence-corrected chi connectivity index (χ2v) is 7.40. The largest absolute Gasteiger partial charge is 0.392 e. The molecule has 0 aliphatic carbocycles. The van der Waals surface area contributed by atoms with Gasteiger partial charge in [0, 0.05) is 18.1 Å². The van der Waals surface area contributed by atoms with Crippen molar-refractivity contribution in [1.82, 2.24) is 4.57 Å². The Morgan fingerprint density at radius 3 is 2.17 bits per heavy atom. The van der Waals surface area contributed by atoms with Crippen molar-refractivity contribution in [2.45, 2.75) is 11.5 Å². The summed E-state index contributed by atoms with van der Waals surface area (Å²) in [5.41, 5.74) is 3.79. The molecular weight excluding hydrogens is 310 g/mol. The van der Waals surface area contributed by atoms with Gasteiger partial charge in [-0.1, -0.05) is 24.3 Å². The highest BCUT2D eigenvalue weighted by atomic mass is 32.2. The van der Waals surface area contributed by atoms with E-state index in [2.05, 4.69) is 0 Å². The molecule has 0 radical (unpaired) electrons. The minimum absolute atomic E-state index is 0.0221. The minimum Gasteiger partial charge on any atom is -0.392 e. The molecule has 2 aromatic carbocycles. The Labute approximate surface area is 135 Å². The summed E-state index contributed by atoms with van der Waals surface area (Å²) in [6, 6.07) is 18.5. The van der Waals surface area contributed by atoms with Crippen LogP contribution in [0.2, 0.25) is 0 Å². The van der Waals surface area contributed by atoms with E-state index in [4.69, 9.17) is 5.11 Å². The zero-order chi connectivity index (χ0) is 16.4. The van der Waals surface area contributed by atoms with Crippen molar-refractivity contribution < 1.29 is 13.5 Å². The summed E-state index contributed by atoms with van der Waals surface area (Å²) >= 11 is 0. The average molecular weight is 327 g/mol. The number of sulfone groups is 1. The molecule has 0 atom stereocenters. The molecule has 0 fully saturated rings. The molecule has 0 amide bonds. The van der Waals surface area contributed by atoms with Gasteiger partial charge in [0.1, 0.15) is 0 Å². The van der Waals surface area contributed by atoms with E-state index in [0.29, 0.717) is 4.90 Å². The lowest BCUT2D eigenvalue weighted by Gasteiger charge is -2.10. The van der Waals surface area contributed by atoms with Crippen LogP contribution in [-0.2, 0) is 16.4 Å². The maximum absolute atomic E-state index is 11.6. The van der Waals surface area contributed by atoms with Gasteiger partial charge in [0.2, 0.25) is 0 Å². The van der Waals surface area contributed by atoms with Crippen LogP contribution in [0.3, 0.4) is 0 Å². The molecule has 3 rings (SSSR count). The Kier molecular flexibility index (Phi) is 4.07. The Balaban J connectivity index is 2.00. The van der Waals surface area contributed by atoms with Gasteiger partial charge in [-0.25, -0.2) is 8.42 Å². The molecule has 4 nitrogen and oxygen atoms in total. The normalized spacial score (nSPS) is 11.6. The van der Waals surface area contributed by atoms with Crippen LogP contribution in [0.1, 0.15) is 5.56 Å². The molecule has 1 aromatic heterocycles. The zero-order valence-electron chi connectivity index (χ0n) is 12.7. The van der Waals surface area contributed by atoms with Crippen LogP contribution < -0.4 is 0 Å². The molecule has 0 saturated carbocycles. The van der Waals surface area contributed by atoms with Crippen LogP contribution in [-0.4, -0.2) is 24.3 Å². The lowest BCUT2D eigenvalue weighted by atomic mass is 10.1. The van der Waals surface area contributed by atoms with Gasteiger partial charge in [-0.05, 0) is 47.5 Å². The third-order valence-corrected chi connectivity index (χ3v) is 4.85. The van der Waals surface area contributed by atoms with Crippen molar-refractivity contribution in [3.63, 3.8) is 0 Å². The van der Waals surface area contributed by atoms with Crippen molar-refractivity contribution >= 4 is 9.84 Å². The highest BCUT2D eigenvalue weighted by Gasteiger charge is 2.09. The summed E-state index contributed by atoms with van der Waals surface area (Å²) in [5, 5.41) is 9.13. The fourth-order valence-electron chi connectivity index (χ4n) is 2.48. The second kappa shape index (κ2) is 6.02. The fourth-order valence-corrected chi connectivity index (χ4v) is 3.11. The van der Waals surface area contributed by atoms with Gasteiger partial charge in [-0.15, -0.1) is 0 Å². The summed E-state index contributed by atoms with van der Waals surface area (Å²) in [7, 11) is -3.19. The maximum atomic E-state index is 11.6. The minimum atomic E-state index is -3.19. The van der Waals surface area contributed by atoms with E-state index in [1.54, 1.807) is 24.3 Å². The lowest BCUT2D eigenvalue weighted by Crippen LogP contribution is -1.99. The Morgan fingerprint density at radius 2 is 1.61 bits per heavy atom. The molecule has 23 heavy (non-hydrogen) atoms. The van der Waals surface area contributed by atoms with Crippen LogP contribution in [0, 0.1) is 0 Å². The van der Waals surface area contributed by atoms with E-state index in [0.717, 1.165) is 22.5 Å². The van der Waals surface area contributed by atoms with Crippen molar-refractivity contribution in [3.05, 3.63) is 72.4 Å². The molecule has 5 heteroatoms. The highest BCUT2D eigenvalue weighted by molar-refractivity contribution is 7.90. The highest BCUT2D eigenvalue weighted by Crippen LogP contribution is 2.25. The first-order chi connectivity index (χ1) is 11.0. The first kappa shape index (κ1) is 15.5. The monoisotopic (exact) mass is 327 g/mol. The number of aliphatic hydroxyl groups is 1. The molecule has 0 unspecified atom stereocenters. The topological polar surface area (TPSA) is 59.3 Å². The molecule has 118 valence electrons. The molecule has 0 aliphatic rings. The van der Waals surface area contributed by atoms with E-state index in [1.165, 1.54) is 6.26 Å². The maximum Gasteiger partial charge on any atom is 0.175 e. The number of aliphatic hydroxyl groups excluding tert-OH is 1. The van der Waals surface area contributed by atoms with Crippen LogP contribution in [0.5, 0.6) is 0 Å². The van der Waals surface area contributed by atoms with Crippen LogP contribution in [0.4, 0.5) is 0 Å². The predicted molar refractivity (Wildman–Crippen MR) is 90.2 cm³/mol. The van der Waals surface area contributed by atoms with Gasteiger partial charge in [-0.2, -0.15) is 0 Å². The summed E-state index contributed by atoms with van der Waals surface area (Å²) in [6.07, 6.45) is 3.14. The van der Waals surface area contributed by atoms with Gasteiger partial charge in [0.05, 0.1) is 17.2 Å². The van der Waals surface area contributed by atoms with Crippen molar-refractivity contribution in [2.24, 2.45) is 0 Å². The smallest absolute Gasteiger partial charge is 0.175 e. The molecular formula is C18H17NO3S. The number of hydrogen-bond acceptors (Lipinski definition) is 3. The molecule has 3 aromatic rings. The summed E-state index contributed by atoms with van der Waals surface area (Å²) in [4.78, 5) is 0.308. The molecule has 0 aliphatic heterocycles. The summed E-state index contributed by atoms with van der Waals surface area (Å²) in [6.45, 7) is 0.0221. The van der Waals surface area contributed by atoms with Crippen molar-refractivity contribution in [3.8, 4) is 16.9 Å². The first-order valence-electron chi connectivity index (χ1n) is 7.17. The molecule has 1 N–H and O–H groups in total. The summed E-state index contributed by atoms with van der Waals surface area (Å²) < 4.78 is 25.1. The van der Waals surface area contributed by atoms with E-state index in [9.17, 15) is 8.42 Å². The van der Waals surface area contributed by atoms with E-state index in [1.807, 2.05) is 47.2 Å². The fraction of sp³-hybridized carbons (Fsp3) is 0.111. The van der Waals surface area contributed by atoms with Gasteiger partial charge >= 0.3 is 0 Å². The number of hydrogen-bond donors (Lipinski definition) is 1. The van der Waals surface area contributed by atoms with Gasteiger partial charge in [-0.3, -0.25) is 0 Å². The van der Waals surface area contributed by atoms with Crippen LogP contribution in [0.15, 0.2) is 71.8 Å². The third kappa shape index (κ3) is 3.21. The third-order valence-electron chi connectivity index (χ3n) is 3.72. The molecule has 0 spiro atoms. The van der Waals surface area contributed by atoms with E-state index < -0.39 is 9.84 Å². The number of benzene rings is 2. The van der Waals surface area contributed by atoms with Crippen molar-refractivity contribution in [1.29, 1.82) is 0 Å². The summed E-state index contributed by atoms with van der Waals surface area (Å²) in [5.74, 6) is 0. The lowest BCUT2D eigenvalue weighted by molar-refractivity contribution is 0.282. The number of nitrogens with zero attached hydrogens (tertiary/aromatic N) is 1. The van der Waals surface area contributed by atoms with Gasteiger partial charge < -0.3 is 9.67 Å². The Hall–Kier alpha value is -2.37. The van der Waals surface area contributed by atoms with E-state index >= 15 is 0 Å². The van der Waals surface area contributed by atoms with Crippen LogP contribution in [0.25, 0.3) is 16.9 Å². The standard InChI is InChI=1S/C18H17NO3S/c1-23(21,22)17-10-8-16(9-11-17)19-12-2-3-18(19)15-6-4-14(13-20)5-7-15/h2-12,20H,13H2,1H3. The van der Waals surface area contributed by atoms with Crippen molar-refractivity contribution in [2.75, 3.05) is 6.26 Å². The van der Waals surface area contributed by atoms with Crippen LogP contribution >= 0.6 is 0 Å². The first-order valence-corrected chi connectivity index (χ1v) is 9.06. The zero-order valence-corrected chi connectivity index (χ0v) is 13.5. The molecule has 1 heterocycles. The SMILES string of the molecule is CS(=O)(=O)c1ccc(-n2cccc2-c2ccc(CO)cc2)cc1. The average Bonchev–Trinajstić information content (AvgIpc) is 3.04. The quantitative estimate of drug-likeness (QED) is 0.801. The molecule has 0 bridgehead atoms. The second-order valence-electron chi connectivity index (χ2n) is 5.38. The predicted octanol–water partition coefficient (Wildman–Crippen LogP) is 3.04. The number of rotatable bonds is 4. The number of aromatic nitrogens is 1. The Morgan fingerprint density at radius 1 is 0.957 bits per heavy atom. The Bertz CT molecular complexity index is 908. The van der Waals surface area contributed by atoms with E-state index in [-0.39, 0.29) is 6.61 Å². The molecule has 0 saturated heterocycles.